The Hall–Kier alpha value is -1.44. The van der Waals surface area contributed by atoms with Crippen LogP contribution in [0.25, 0.3) is 0 Å². The van der Waals surface area contributed by atoms with Crippen LogP contribution in [0, 0.1) is 11.8 Å². The maximum Gasteiger partial charge on any atom is 0.310 e. The van der Waals surface area contributed by atoms with Crippen LogP contribution in [0.5, 0.6) is 0 Å². The second kappa shape index (κ2) is 9.48. The molecule has 0 saturated carbocycles. The van der Waals surface area contributed by atoms with Crippen molar-refractivity contribution in [2.75, 3.05) is 13.7 Å². The number of ether oxygens (including phenoxy) is 1. The number of carbonyl (C=O) groups excluding carboxylic acids is 2. The van der Waals surface area contributed by atoms with Gasteiger partial charge in [0.1, 0.15) is 6.04 Å². The second-order valence-corrected chi connectivity index (χ2v) is 8.17. The number of esters is 1. The summed E-state index contributed by atoms with van der Waals surface area (Å²) < 4.78 is 4.82. The fourth-order valence-corrected chi connectivity index (χ4v) is 4.23. The zero-order valence-corrected chi connectivity index (χ0v) is 17.3. The number of benzene rings is 1. The third-order valence-corrected chi connectivity index (χ3v) is 5.78. The number of methoxy groups -OCH3 is 1. The highest BCUT2D eigenvalue weighted by molar-refractivity contribution is 9.09. The van der Waals surface area contributed by atoms with E-state index in [-0.39, 0.29) is 22.7 Å². The van der Waals surface area contributed by atoms with Gasteiger partial charge in [0.2, 0.25) is 5.91 Å². The van der Waals surface area contributed by atoms with Gasteiger partial charge in [-0.25, -0.2) is 5.43 Å². The van der Waals surface area contributed by atoms with Crippen LogP contribution in [0.15, 0.2) is 30.3 Å². The molecule has 0 bridgehead atoms. The Morgan fingerprint density at radius 3 is 2.38 bits per heavy atom. The van der Waals surface area contributed by atoms with Gasteiger partial charge >= 0.3 is 5.97 Å². The zero-order chi connectivity index (χ0) is 19.3. The van der Waals surface area contributed by atoms with Gasteiger partial charge in [0.15, 0.2) is 0 Å². The van der Waals surface area contributed by atoms with Crippen molar-refractivity contribution in [3.8, 4) is 0 Å². The van der Waals surface area contributed by atoms with Gasteiger partial charge in [0.25, 0.3) is 0 Å². The van der Waals surface area contributed by atoms with Crippen molar-refractivity contribution in [3.05, 3.63) is 35.9 Å². The van der Waals surface area contributed by atoms with Crippen LogP contribution in [0.2, 0.25) is 0 Å². The van der Waals surface area contributed by atoms with Crippen molar-refractivity contribution < 1.29 is 14.3 Å². The number of hydrogen-bond donors (Lipinski definition) is 2. The molecule has 1 aliphatic heterocycles. The van der Waals surface area contributed by atoms with Gasteiger partial charge in [-0.2, -0.15) is 0 Å². The Morgan fingerprint density at radius 2 is 1.85 bits per heavy atom. The van der Waals surface area contributed by atoms with Crippen LogP contribution in [0.3, 0.4) is 0 Å². The van der Waals surface area contributed by atoms with E-state index >= 15 is 0 Å². The largest absolute Gasteiger partial charge is 0.469 e. The molecule has 7 heteroatoms. The minimum Gasteiger partial charge on any atom is -0.469 e. The number of alkyl halides is 1. The summed E-state index contributed by atoms with van der Waals surface area (Å²) in [6.45, 7) is 6.76. The predicted octanol–water partition coefficient (Wildman–Crippen LogP) is 2.09. The molecule has 1 aromatic rings. The molecule has 4 atom stereocenters. The molecule has 0 aromatic heterocycles. The number of amides is 1. The fraction of sp³-hybridized carbons (Fsp3) is 0.579. The Bertz CT molecular complexity index is 611. The van der Waals surface area contributed by atoms with Crippen LogP contribution < -0.4 is 10.9 Å². The van der Waals surface area contributed by atoms with E-state index in [1.807, 2.05) is 30.3 Å². The zero-order valence-electron chi connectivity index (χ0n) is 15.7. The Morgan fingerprint density at radius 1 is 1.19 bits per heavy atom. The first kappa shape index (κ1) is 20.9. The summed E-state index contributed by atoms with van der Waals surface area (Å²) >= 11 is 3.67. The van der Waals surface area contributed by atoms with Gasteiger partial charge in [-0.1, -0.05) is 67.0 Å². The summed E-state index contributed by atoms with van der Waals surface area (Å²) in [6, 6.07) is 9.55. The third-order valence-electron chi connectivity index (χ3n) is 4.68. The lowest BCUT2D eigenvalue weighted by atomic mass is 9.98. The SMILES string of the molecule is COC(=O)C(C)CN(Cc1ccccc1)C(=O)C1NNC(C(C)C)C1Br. The van der Waals surface area contributed by atoms with Crippen LogP contribution in [0.4, 0.5) is 0 Å². The van der Waals surface area contributed by atoms with E-state index in [4.69, 9.17) is 4.74 Å². The molecule has 1 heterocycles. The number of carbonyl (C=O) groups is 2. The van der Waals surface area contributed by atoms with Crippen molar-refractivity contribution in [1.29, 1.82) is 0 Å². The molecule has 0 aliphatic carbocycles. The number of hydrogen-bond acceptors (Lipinski definition) is 5. The molecule has 0 radical (unpaired) electrons. The molecule has 1 saturated heterocycles. The standard InChI is InChI=1S/C19H28BrN3O3/c1-12(2)16-15(20)17(22-21-16)18(24)23(10-13(3)19(25)26-4)11-14-8-6-5-7-9-14/h5-9,12-13,15-17,21-22H,10-11H2,1-4H3. The first-order valence-electron chi connectivity index (χ1n) is 8.90. The van der Waals surface area contributed by atoms with Crippen molar-refractivity contribution in [2.24, 2.45) is 11.8 Å². The Labute approximate surface area is 163 Å². The topological polar surface area (TPSA) is 70.7 Å². The van der Waals surface area contributed by atoms with E-state index in [0.717, 1.165) is 5.56 Å². The molecule has 6 nitrogen and oxygen atoms in total. The minimum atomic E-state index is -0.393. The molecule has 2 rings (SSSR count). The highest BCUT2D eigenvalue weighted by atomic mass is 79.9. The molecule has 1 amide bonds. The van der Waals surface area contributed by atoms with Crippen molar-refractivity contribution in [2.45, 2.75) is 44.2 Å². The summed E-state index contributed by atoms with van der Waals surface area (Å²) in [7, 11) is 1.37. The molecular formula is C19H28BrN3O3. The molecule has 144 valence electrons. The van der Waals surface area contributed by atoms with E-state index in [1.54, 1.807) is 11.8 Å². The molecule has 4 unspecified atom stereocenters. The average molecular weight is 426 g/mol. The lowest BCUT2D eigenvalue weighted by Gasteiger charge is -2.29. The second-order valence-electron chi connectivity index (χ2n) is 7.11. The monoisotopic (exact) mass is 425 g/mol. The van der Waals surface area contributed by atoms with Gasteiger partial charge in [-0.05, 0) is 11.5 Å². The molecule has 1 fully saturated rings. The Kier molecular flexibility index (Phi) is 7.61. The van der Waals surface area contributed by atoms with Gasteiger partial charge < -0.3 is 9.64 Å². The lowest BCUT2D eigenvalue weighted by molar-refractivity contribution is -0.146. The predicted molar refractivity (Wildman–Crippen MR) is 104 cm³/mol. The maximum atomic E-state index is 13.2. The number of nitrogens with zero attached hydrogens (tertiary/aromatic N) is 1. The summed E-state index contributed by atoms with van der Waals surface area (Å²) in [5.41, 5.74) is 7.35. The van der Waals surface area contributed by atoms with Crippen LogP contribution in [0.1, 0.15) is 26.3 Å². The molecule has 2 N–H and O–H groups in total. The van der Waals surface area contributed by atoms with Gasteiger partial charge in [-0.15, -0.1) is 0 Å². The Balaban J connectivity index is 2.16. The van der Waals surface area contributed by atoms with E-state index in [0.29, 0.717) is 19.0 Å². The van der Waals surface area contributed by atoms with Crippen LogP contribution in [-0.2, 0) is 20.9 Å². The van der Waals surface area contributed by atoms with Crippen molar-refractivity contribution >= 4 is 27.8 Å². The maximum absolute atomic E-state index is 13.2. The fourth-order valence-electron chi connectivity index (χ4n) is 3.12. The minimum absolute atomic E-state index is 0.0262. The van der Waals surface area contributed by atoms with Crippen LogP contribution in [-0.4, -0.2) is 47.3 Å². The van der Waals surface area contributed by atoms with E-state index in [9.17, 15) is 9.59 Å². The first-order valence-corrected chi connectivity index (χ1v) is 9.82. The lowest BCUT2D eigenvalue weighted by Crippen LogP contribution is -2.49. The molecular weight excluding hydrogens is 398 g/mol. The summed E-state index contributed by atoms with van der Waals surface area (Å²) in [6.07, 6.45) is 0. The van der Waals surface area contributed by atoms with E-state index in [1.165, 1.54) is 7.11 Å². The molecule has 1 aliphatic rings. The van der Waals surface area contributed by atoms with Crippen molar-refractivity contribution in [1.82, 2.24) is 15.8 Å². The van der Waals surface area contributed by atoms with Gasteiger partial charge in [0.05, 0.1) is 17.9 Å². The number of hydrazine groups is 1. The highest BCUT2D eigenvalue weighted by Crippen LogP contribution is 2.24. The van der Waals surface area contributed by atoms with E-state index in [2.05, 4.69) is 40.6 Å². The highest BCUT2D eigenvalue weighted by Gasteiger charge is 2.41. The van der Waals surface area contributed by atoms with Gasteiger partial charge in [-0.3, -0.25) is 15.0 Å². The number of halogens is 1. The smallest absolute Gasteiger partial charge is 0.310 e. The number of rotatable bonds is 7. The molecule has 0 spiro atoms. The summed E-state index contributed by atoms with van der Waals surface area (Å²) in [5.74, 6) is -0.371. The third kappa shape index (κ3) is 5.05. The first-order chi connectivity index (χ1) is 12.3. The summed E-state index contributed by atoms with van der Waals surface area (Å²) in [4.78, 5) is 26.8. The van der Waals surface area contributed by atoms with Gasteiger partial charge in [0, 0.05) is 19.1 Å². The molecule has 26 heavy (non-hydrogen) atoms. The quantitative estimate of drug-likeness (QED) is 0.516. The molecule has 1 aromatic carbocycles. The van der Waals surface area contributed by atoms with Crippen molar-refractivity contribution in [3.63, 3.8) is 0 Å². The normalized spacial score (nSPS) is 23.7. The average Bonchev–Trinajstić information content (AvgIpc) is 3.02. The van der Waals surface area contributed by atoms with E-state index < -0.39 is 12.0 Å². The van der Waals surface area contributed by atoms with Crippen LogP contribution >= 0.6 is 15.9 Å². The summed E-state index contributed by atoms with van der Waals surface area (Å²) in [5, 5.41) is 0. The number of nitrogens with one attached hydrogen (secondary N) is 2.